The third-order valence-corrected chi connectivity index (χ3v) is 3.66. The standard InChI is InChI=1S/C13H16N6OS/c1-7-5-3-4-6-9(7)16-10(20)8(2)21-13-18-11(14)17-12(15)19-13/h3-6,8H,1-2H3,(H,16,20)(H4,14,15,17,18,19). The topological polar surface area (TPSA) is 120 Å². The monoisotopic (exact) mass is 304 g/mol. The molecule has 1 atom stereocenters. The average molecular weight is 304 g/mol. The summed E-state index contributed by atoms with van der Waals surface area (Å²) < 4.78 is 0. The molecular weight excluding hydrogens is 288 g/mol. The molecule has 7 nitrogen and oxygen atoms in total. The van der Waals surface area contributed by atoms with Crippen LogP contribution in [0.15, 0.2) is 29.4 Å². The van der Waals surface area contributed by atoms with Gasteiger partial charge in [0.25, 0.3) is 0 Å². The van der Waals surface area contributed by atoms with Gasteiger partial charge in [-0.1, -0.05) is 30.0 Å². The van der Waals surface area contributed by atoms with Crippen LogP contribution in [0.1, 0.15) is 12.5 Å². The average Bonchev–Trinajstić information content (AvgIpc) is 2.40. The lowest BCUT2D eigenvalue weighted by atomic mass is 10.2. The second-order valence-corrected chi connectivity index (χ2v) is 5.71. The van der Waals surface area contributed by atoms with Crippen LogP contribution >= 0.6 is 11.8 Å². The van der Waals surface area contributed by atoms with E-state index < -0.39 is 5.25 Å². The van der Waals surface area contributed by atoms with Crippen LogP contribution in [0.3, 0.4) is 0 Å². The molecule has 0 spiro atoms. The molecule has 0 aliphatic heterocycles. The lowest BCUT2D eigenvalue weighted by Crippen LogP contribution is -2.23. The van der Waals surface area contributed by atoms with Gasteiger partial charge in [-0.25, -0.2) is 0 Å². The van der Waals surface area contributed by atoms with Gasteiger partial charge in [-0.3, -0.25) is 4.79 Å². The van der Waals surface area contributed by atoms with E-state index in [0.29, 0.717) is 5.16 Å². The Morgan fingerprint density at radius 3 is 2.43 bits per heavy atom. The molecule has 1 unspecified atom stereocenters. The quantitative estimate of drug-likeness (QED) is 0.731. The Hall–Kier alpha value is -2.35. The van der Waals surface area contributed by atoms with E-state index in [2.05, 4.69) is 20.3 Å². The zero-order valence-electron chi connectivity index (χ0n) is 11.7. The second kappa shape index (κ2) is 6.40. The molecule has 5 N–H and O–H groups in total. The first-order valence-electron chi connectivity index (χ1n) is 6.26. The highest BCUT2D eigenvalue weighted by Gasteiger charge is 2.17. The maximum atomic E-state index is 12.2. The van der Waals surface area contributed by atoms with Crippen LogP contribution in [0.5, 0.6) is 0 Å². The summed E-state index contributed by atoms with van der Waals surface area (Å²) >= 11 is 1.17. The molecule has 8 heteroatoms. The number of carbonyl (C=O) groups excluding carboxylic acids is 1. The number of thioether (sulfide) groups is 1. The van der Waals surface area contributed by atoms with E-state index in [0.717, 1.165) is 11.3 Å². The van der Waals surface area contributed by atoms with Crippen molar-refractivity contribution in [1.82, 2.24) is 15.0 Å². The Bertz CT molecular complexity index is 643. The van der Waals surface area contributed by atoms with Gasteiger partial charge >= 0.3 is 0 Å². The van der Waals surface area contributed by atoms with E-state index >= 15 is 0 Å². The number of nitrogen functional groups attached to an aromatic ring is 2. The van der Waals surface area contributed by atoms with E-state index in [-0.39, 0.29) is 17.8 Å². The number of aryl methyl sites for hydroxylation is 1. The molecule has 0 saturated heterocycles. The second-order valence-electron chi connectivity index (χ2n) is 4.40. The number of anilines is 3. The molecule has 110 valence electrons. The molecule has 0 radical (unpaired) electrons. The zero-order valence-corrected chi connectivity index (χ0v) is 12.5. The summed E-state index contributed by atoms with van der Waals surface area (Å²) in [6.07, 6.45) is 0. The highest BCUT2D eigenvalue weighted by atomic mass is 32.2. The van der Waals surface area contributed by atoms with Gasteiger partial charge in [0.05, 0.1) is 5.25 Å². The highest BCUT2D eigenvalue weighted by molar-refractivity contribution is 8.00. The van der Waals surface area contributed by atoms with Crippen LogP contribution in [0.25, 0.3) is 0 Å². The first kappa shape index (κ1) is 15.0. The molecule has 1 aromatic carbocycles. The summed E-state index contributed by atoms with van der Waals surface area (Å²) in [5.74, 6) is -0.0696. The maximum Gasteiger partial charge on any atom is 0.237 e. The highest BCUT2D eigenvalue weighted by Crippen LogP contribution is 2.22. The Morgan fingerprint density at radius 1 is 1.19 bits per heavy atom. The van der Waals surface area contributed by atoms with Crippen LogP contribution in [0.2, 0.25) is 0 Å². The van der Waals surface area contributed by atoms with Gasteiger partial charge in [0, 0.05) is 5.69 Å². The predicted molar refractivity (Wildman–Crippen MR) is 83.8 cm³/mol. The summed E-state index contributed by atoms with van der Waals surface area (Å²) in [6, 6.07) is 7.57. The number of para-hydroxylation sites is 1. The van der Waals surface area contributed by atoms with E-state index in [1.807, 2.05) is 31.2 Å². The molecule has 0 aliphatic carbocycles. The van der Waals surface area contributed by atoms with Crippen molar-refractivity contribution < 1.29 is 4.79 Å². The van der Waals surface area contributed by atoms with E-state index in [9.17, 15) is 4.79 Å². The maximum absolute atomic E-state index is 12.2. The van der Waals surface area contributed by atoms with Crippen molar-refractivity contribution in [3.05, 3.63) is 29.8 Å². The van der Waals surface area contributed by atoms with Crippen LogP contribution in [0.4, 0.5) is 17.6 Å². The van der Waals surface area contributed by atoms with Gasteiger partial charge in [0.15, 0.2) is 5.16 Å². The summed E-state index contributed by atoms with van der Waals surface area (Å²) in [5, 5.41) is 2.79. The number of amides is 1. The molecule has 1 amide bonds. The molecule has 0 saturated carbocycles. The van der Waals surface area contributed by atoms with Gasteiger partial charge in [0.2, 0.25) is 17.8 Å². The molecule has 1 aromatic heterocycles. The third-order valence-electron chi connectivity index (χ3n) is 2.70. The van der Waals surface area contributed by atoms with Crippen molar-refractivity contribution in [1.29, 1.82) is 0 Å². The minimum atomic E-state index is -0.397. The summed E-state index contributed by atoms with van der Waals surface area (Å²) in [4.78, 5) is 23.7. The van der Waals surface area contributed by atoms with Crippen molar-refractivity contribution in [3.8, 4) is 0 Å². The zero-order chi connectivity index (χ0) is 15.4. The Kier molecular flexibility index (Phi) is 4.59. The normalized spacial score (nSPS) is 11.9. The van der Waals surface area contributed by atoms with Crippen molar-refractivity contribution in [2.75, 3.05) is 16.8 Å². The van der Waals surface area contributed by atoms with Crippen LogP contribution in [-0.4, -0.2) is 26.1 Å². The van der Waals surface area contributed by atoms with Crippen molar-refractivity contribution >= 4 is 35.3 Å². The van der Waals surface area contributed by atoms with E-state index in [1.165, 1.54) is 11.8 Å². The lowest BCUT2D eigenvalue weighted by molar-refractivity contribution is -0.115. The number of hydrogen-bond acceptors (Lipinski definition) is 7. The van der Waals surface area contributed by atoms with E-state index in [4.69, 9.17) is 11.5 Å². The van der Waals surface area contributed by atoms with Gasteiger partial charge in [-0.2, -0.15) is 15.0 Å². The van der Waals surface area contributed by atoms with Gasteiger partial charge in [-0.05, 0) is 25.5 Å². The Labute approximate surface area is 126 Å². The van der Waals surface area contributed by atoms with Crippen LogP contribution in [-0.2, 0) is 4.79 Å². The Morgan fingerprint density at radius 2 is 1.81 bits per heavy atom. The number of aromatic nitrogens is 3. The predicted octanol–water partition coefficient (Wildman–Crippen LogP) is 1.46. The van der Waals surface area contributed by atoms with Crippen LogP contribution < -0.4 is 16.8 Å². The van der Waals surface area contributed by atoms with Gasteiger partial charge < -0.3 is 16.8 Å². The SMILES string of the molecule is Cc1ccccc1NC(=O)C(C)Sc1nc(N)nc(N)n1. The lowest BCUT2D eigenvalue weighted by Gasteiger charge is -2.12. The number of nitrogens with two attached hydrogens (primary N) is 2. The molecular formula is C13H16N6OS. The fourth-order valence-electron chi connectivity index (χ4n) is 1.60. The fourth-order valence-corrected chi connectivity index (χ4v) is 2.37. The molecule has 0 bridgehead atoms. The minimum absolute atomic E-state index is 0.0384. The first-order valence-corrected chi connectivity index (χ1v) is 7.14. The number of nitrogens with zero attached hydrogens (tertiary/aromatic N) is 3. The summed E-state index contributed by atoms with van der Waals surface area (Å²) in [7, 11) is 0. The number of benzene rings is 1. The molecule has 21 heavy (non-hydrogen) atoms. The molecule has 2 aromatic rings. The number of nitrogens with one attached hydrogen (secondary N) is 1. The Balaban J connectivity index is 2.04. The molecule has 0 aliphatic rings. The number of rotatable bonds is 4. The molecule has 2 rings (SSSR count). The third kappa shape index (κ3) is 4.06. The van der Waals surface area contributed by atoms with Crippen molar-refractivity contribution in [3.63, 3.8) is 0 Å². The minimum Gasteiger partial charge on any atom is -0.368 e. The van der Waals surface area contributed by atoms with Crippen molar-refractivity contribution in [2.24, 2.45) is 0 Å². The number of hydrogen-bond donors (Lipinski definition) is 3. The molecule has 0 fully saturated rings. The molecule has 1 heterocycles. The smallest absolute Gasteiger partial charge is 0.237 e. The van der Waals surface area contributed by atoms with Gasteiger partial charge in [0.1, 0.15) is 0 Å². The largest absolute Gasteiger partial charge is 0.368 e. The first-order chi connectivity index (χ1) is 9.95. The van der Waals surface area contributed by atoms with Crippen LogP contribution in [0, 0.1) is 6.92 Å². The van der Waals surface area contributed by atoms with Gasteiger partial charge in [-0.15, -0.1) is 0 Å². The van der Waals surface area contributed by atoms with E-state index in [1.54, 1.807) is 6.92 Å². The summed E-state index contributed by atoms with van der Waals surface area (Å²) in [6.45, 7) is 3.69. The summed E-state index contributed by atoms with van der Waals surface area (Å²) in [5.41, 5.74) is 12.8. The number of carbonyl (C=O) groups is 1. The fraction of sp³-hybridized carbons (Fsp3) is 0.231. The van der Waals surface area contributed by atoms with Crippen molar-refractivity contribution in [2.45, 2.75) is 24.3 Å².